The third-order valence-electron chi connectivity index (χ3n) is 2.29. The highest BCUT2D eigenvalue weighted by molar-refractivity contribution is 5.89. The van der Waals surface area contributed by atoms with Gasteiger partial charge in [0.05, 0.1) is 18.8 Å². The lowest BCUT2D eigenvalue weighted by Gasteiger charge is -2.11. The minimum absolute atomic E-state index is 0.0578. The maximum absolute atomic E-state index is 13.8. The molecule has 0 aliphatic heterocycles. The monoisotopic (exact) mass is 268 g/mol. The fraction of sp³-hybridized carbons (Fsp3) is 0.533. The number of hydrogen-bond acceptors (Lipinski definition) is 3. The Balaban J connectivity index is 2.68. The summed E-state index contributed by atoms with van der Waals surface area (Å²) in [4.78, 5) is 11.6. The highest BCUT2D eigenvalue weighted by atomic mass is 19.1. The van der Waals surface area contributed by atoms with Crippen molar-refractivity contribution in [2.75, 3.05) is 13.2 Å². The van der Waals surface area contributed by atoms with Gasteiger partial charge in [0.1, 0.15) is 11.6 Å². The van der Waals surface area contributed by atoms with Gasteiger partial charge in [-0.25, -0.2) is 9.18 Å². The Kier molecular flexibility index (Phi) is 5.80. The molecule has 0 atom stereocenters. The molecule has 0 aromatic heterocycles. The highest BCUT2D eigenvalue weighted by Crippen LogP contribution is 2.18. The fourth-order valence-corrected chi connectivity index (χ4v) is 1.33. The number of rotatable bonds is 6. The van der Waals surface area contributed by atoms with Gasteiger partial charge < -0.3 is 9.47 Å². The van der Waals surface area contributed by atoms with Crippen molar-refractivity contribution in [2.45, 2.75) is 27.7 Å². The molecule has 0 unspecified atom stereocenters. The van der Waals surface area contributed by atoms with Crippen molar-refractivity contribution in [2.24, 2.45) is 11.8 Å². The smallest absolute Gasteiger partial charge is 0.341 e. The summed E-state index contributed by atoms with van der Waals surface area (Å²) < 4.78 is 24.1. The number of esters is 1. The van der Waals surface area contributed by atoms with Crippen molar-refractivity contribution in [1.29, 1.82) is 0 Å². The topological polar surface area (TPSA) is 35.5 Å². The first kappa shape index (κ1) is 15.5. The Morgan fingerprint density at radius 3 is 2.32 bits per heavy atom. The van der Waals surface area contributed by atoms with E-state index >= 15 is 0 Å². The van der Waals surface area contributed by atoms with Gasteiger partial charge in [0.15, 0.2) is 0 Å². The summed E-state index contributed by atoms with van der Waals surface area (Å²) in [5.41, 5.74) is -0.0578. The number of halogens is 1. The number of benzene rings is 1. The second-order valence-corrected chi connectivity index (χ2v) is 5.34. The summed E-state index contributed by atoms with van der Waals surface area (Å²) in [5, 5.41) is 0. The summed E-state index contributed by atoms with van der Waals surface area (Å²) >= 11 is 0. The quantitative estimate of drug-likeness (QED) is 0.738. The van der Waals surface area contributed by atoms with E-state index in [1.54, 1.807) is 6.07 Å². The molecule has 0 aliphatic rings. The molecular formula is C15H21FO3. The van der Waals surface area contributed by atoms with Crippen LogP contribution in [-0.2, 0) is 4.74 Å². The lowest BCUT2D eigenvalue weighted by molar-refractivity contribution is 0.0453. The zero-order valence-electron chi connectivity index (χ0n) is 11.9. The predicted octanol–water partition coefficient (Wildman–Crippen LogP) is 3.67. The largest absolute Gasteiger partial charge is 0.493 e. The predicted molar refractivity (Wildman–Crippen MR) is 71.9 cm³/mol. The SMILES string of the molecule is CC(C)COC(=O)c1ccc(OCC(C)C)cc1F. The summed E-state index contributed by atoms with van der Waals surface area (Å²) in [6.07, 6.45) is 0. The molecule has 0 bridgehead atoms. The molecule has 1 aromatic carbocycles. The lowest BCUT2D eigenvalue weighted by atomic mass is 10.2. The van der Waals surface area contributed by atoms with Crippen LogP contribution < -0.4 is 4.74 Å². The van der Waals surface area contributed by atoms with E-state index in [1.165, 1.54) is 12.1 Å². The van der Waals surface area contributed by atoms with E-state index in [1.807, 2.05) is 27.7 Å². The molecule has 0 N–H and O–H groups in total. The third-order valence-corrected chi connectivity index (χ3v) is 2.29. The molecule has 0 spiro atoms. The van der Waals surface area contributed by atoms with E-state index in [-0.39, 0.29) is 18.1 Å². The molecule has 0 saturated carbocycles. The molecule has 4 heteroatoms. The van der Waals surface area contributed by atoms with Crippen molar-refractivity contribution in [3.63, 3.8) is 0 Å². The molecule has 0 aliphatic carbocycles. The molecule has 1 rings (SSSR count). The number of carbonyl (C=O) groups excluding carboxylic acids is 1. The first-order valence-electron chi connectivity index (χ1n) is 6.49. The Bertz CT molecular complexity index is 427. The van der Waals surface area contributed by atoms with E-state index in [9.17, 15) is 9.18 Å². The van der Waals surface area contributed by atoms with Crippen molar-refractivity contribution in [3.8, 4) is 5.75 Å². The van der Waals surface area contributed by atoms with Gasteiger partial charge in [0, 0.05) is 6.07 Å². The summed E-state index contributed by atoms with van der Waals surface area (Å²) in [5.74, 6) is -0.248. The standard InChI is InChI=1S/C15H21FO3/c1-10(2)8-18-12-5-6-13(14(16)7-12)15(17)19-9-11(3)4/h5-7,10-11H,8-9H2,1-4H3. The molecule has 0 fully saturated rings. The molecule has 0 amide bonds. The molecule has 1 aromatic rings. The Morgan fingerprint density at radius 2 is 1.79 bits per heavy atom. The van der Waals surface area contributed by atoms with Gasteiger partial charge in [-0.3, -0.25) is 0 Å². The van der Waals surface area contributed by atoms with Crippen molar-refractivity contribution >= 4 is 5.97 Å². The normalized spacial score (nSPS) is 10.9. The van der Waals surface area contributed by atoms with Crippen molar-refractivity contribution < 1.29 is 18.7 Å². The Labute approximate surface area is 113 Å². The lowest BCUT2D eigenvalue weighted by Crippen LogP contribution is -2.12. The summed E-state index contributed by atoms with van der Waals surface area (Å²) in [7, 11) is 0. The van der Waals surface area contributed by atoms with Crippen LogP contribution in [0.1, 0.15) is 38.1 Å². The maximum atomic E-state index is 13.8. The van der Waals surface area contributed by atoms with Crippen LogP contribution in [0, 0.1) is 17.7 Å². The van der Waals surface area contributed by atoms with Crippen LogP contribution in [0.5, 0.6) is 5.75 Å². The number of hydrogen-bond donors (Lipinski definition) is 0. The third kappa shape index (κ3) is 5.28. The minimum Gasteiger partial charge on any atom is -0.493 e. The van der Waals surface area contributed by atoms with E-state index in [0.717, 1.165) is 0 Å². The van der Waals surface area contributed by atoms with Gasteiger partial charge in [0.25, 0.3) is 0 Å². The Morgan fingerprint density at radius 1 is 1.16 bits per heavy atom. The van der Waals surface area contributed by atoms with Crippen LogP contribution in [0.15, 0.2) is 18.2 Å². The van der Waals surface area contributed by atoms with Crippen LogP contribution in [0.25, 0.3) is 0 Å². The maximum Gasteiger partial charge on any atom is 0.341 e. The van der Waals surface area contributed by atoms with Crippen molar-refractivity contribution in [1.82, 2.24) is 0 Å². The highest BCUT2D eigenvalue weighted by Gasteiger charge is 2.14. The molecule has 0 saturated heterocycles. The van der Waals surface area contributed by atoms with Crippen LogP contribution in [0.2, 0.25) is 0 Å². The second-order valence-electron chi connectivity index (χ2n) is 5.34. The van der Waals surface area contributed by atoms with Gasteiger partial charge in [-0.1, -0.05) is 27.7 Å². The summed E-state index contributed by atoms with van der Waals surface area (Å²) in [6.45, 7) is 8.65. The number of ether oxygens (including phenoxy) is 2. The molecular weight excluding hydrogens is 247 g/mol. The molecule has 0 heterocycles. The van der Waals surface area contributed by atoms with Crippen LogP contribution >= 0.6 is 0 Å². The first-order valence-corrected chi connectivity index (χ1v) is 6.49. The average molecular weight is 268 g/mol. The fourth-order valence-electron chi connectivity index (χ4n) is 1.33. The first-order chi connectivity index (χ1) is 8.90. The van der Waals surface area contributed by atoms with E-state index < -0.39 is 11.8 Å². The van der Waals surface area contributed by atoms with Gasteiger partial charge in [0.2, 0.25) is 0 Å². The van der Waals surface area contributed by atoms with E-state index in [0.29, 0.717) is 18.3 Å². The van der Waals surface area contributed by atoms with Gasteiger partial charge in [-0.15, -0.1) is 0 Å². The zero-order chi connectivity index (χ0) is 14.4. The van der Waals surface area contributed by atoms with E-state index in [2.05, 4.69) is 0 Å². The molecule has 106 valence electrons. The van der Waals surface area contributed by atoms with Crippen molar-refractivity contribution in [3.05, 3.63) is 29.6 Å². The number of carbonyl (C=O) groups is 1. The minimum atomic E-state index is -0.637. The van der Waals surface area contributed by atoms with Gasteiger partial charge in [-0.05, 0) is 24.0 Å². The van der Waals surface area contributed by atoms with Crippen LogP contribution in [-0.4, -0.2) is 19.2 Å². The second kappa shape index (κ2) is 7.12. The Hall–Kier alpha value is -1.58. The molecule has 19 heavy (non-hydrogen) atoms. The van der Waals surface area contributed by atoms with E-state index in [4.69, 9.17) is 9.47 Å². The van der Waals surface area contributed by atoms with Gasteiger partial charge >= 0.3 is 5.97 Å². The average Bonchev–Trinajstić information content (AvgIpc) is 2.33. The summed E-state index contributed by atoms with van der Waals surface area (Å²) in [6, 6.07) is 4.19. The molecule has 0 radical (unpaired) electrons. The van der Waals surface area contributed by atoms with Crippen LogP contribution in [0.3, 0.4) is 0 Å². The van der Waals surface area contributed by atoms with Crippen LogP contribution in [0.4, 0.5) is 4.39 Å². The molecule has 3 nitrogen and oxygen atoms in total. The van der Waals surface area contributed by atoms with Gasteiger partial charge in [-0.2, -0.15) is 0 Å². The zero-order valence-corrected chi connectivity index (χ0v) is 11.9.